The van der Waals surface area contributed by atoms with E-state index < -0.39 is 48.7 Å². The van der Waals surface area contributed by atoms with Crippen LogP contribution in [0.1, 0.15) is 29.6 Å². The molecule has 0 atom stereocenters. The predicted octanol–water partition coefficient (Wildman–Crippen LogP) is 1.48. The minimum Gasteiger partial charge on any atom is -0.396 e. The van der Waals surface area contributed by atoms with Crippen molar-refractivity contribution in [3.8, 4) is 0 Å². The summed E-state index contributed by atoms with van der Waals surface area (Å²) in [7, 11) is -4.29. The number of aliphatic hydroxyl groups excluding tert-OH is 1. The summed E-state index contributed by atoms with van der Waals surface area (Å²) in [6.45, 7) is -0.0610. The maximum Gasteiger partial charge on any atom is 0.312 e. The molecule has 0 aliphatic rings. The van der Waals surface area contributed by atoms with E-state index >= 15 is 0 Å². The Morgan fingerprint density at radius 3 is 2.32 bits per heavy atom. The van der Waals surface area contributed by atoms with Crippen LogP contribution < -0.4 is 10.2 Å². The summed E-state index contributed by atoms with van der Waals surface area (Å²) in [4.78, 5) is 35.4. The summed E-state index contributed by atoms with van der Waals surface area (Å²) in [5, 5.41) is 34.9. The van der Waals surface area contributed by atoms with Gasteiger partial charge in [0.15, 0.2) is 5.69 Å². The molecule has 0 aliphatic heterocycles. The molecule has 0 aromatic heterocycles. The minimum atomic E-state index is -4.29. The number of carbonyl (C=O) groups excluding carboxylic acids is 1. The highest BCUT2D eigenvalue weighted by molar-refractivity contribution is 9.09. The van der Waals surface area contributed by atoms with E-state index in [4.69, 9.17) is 9.66 Å². The third-order valence-corrected chi connectivity index (χ3v) is 5.28. The molecule has 0 saturated heterocycles. The van der Waals surface area contributed by atoms with Gasteiger partial charge in [0, 0.05) is 37.6 Å². The molecule has 1 aromatic rings. The van der Waals surface area contributed by atoms with Gasteiger partial charge in [-0.3, -0.25) is 29.6 Å². The van der Waals surface area contributed by atoms with E-state index in [9.17, 15) is 33.4 Å². The number of hydrogen-bond acceptors (Lipinski definition) is 9. The fourth-order valence-electron chi connectivity index (χ4n) is 2.81. The topological polar surface area (TPSA) is 193 Å². The lowest BCUT2D eigenvalue weighted by atomic mass is 10.1. The maximum absolute atomic E-state index is 12.5. The van der Waals surface area contributed by atoms with Gasteiger partial charge in [-0.05, 0) is 25.3 Å². The van der Waals surface area contributed by atoms with Crippen molar-refractivity contribution in [3.05, 3.63) is 37.9 Å². The Labute approximate surface area is 186 Å². The highest BCUT2D eigenvalue weighted by atomic mass is 79.9. The van der Waals surface area contributed by atoms with E-state index in [0.717, 1.165) is 12.1 Å². The van der Waals surface area contributed by atoms with Crippen molar-refractivity contribution >= 4 is 49.0 Å². The molecular weight excluding hydrogens is 504 g/mol. The first-order valence-electron chi connectivity index (χ1n) is 9.14. The summed E-state index contributed by atoms with van der Waals surface area (Å²) in [6, 6.07) is 1.97. The number of halogens is 1. The molecule has 1 amide bonds. The average molecular weight is 527 g/mol. The van der Waals surface area contributed by atoms with Crippen LogP contribution in [-0.2, 0) is 10.1 Å². The van der Waals surface area contributed by atoms with Crippen molar-refractivity contribution < 1.29 is 32.7 Å². The second-order valence-corrected chi connectivity index (χ2v) is 8.71. The average Bonchev–Trinajstić information content (AvgIpc) is 2.68. The largest absolute Gasteiger partial charge is 0.396 e. The number of nitro groups is 2. The van der Waals surface area contributed by atoms with Crippen molar-refractivity contribution in [2.45, 2.75) is 19.3 Å². The van der Waals surface area contributed by atoms with Crippen molar-refractivity contribution in [3.63, 3.8) is 0 Å². The van der Waals surface area contributed by atoms with Gasteiger partial charge in [0.1, 0.15) is 5.56 Å². The van der Waals surface area contributed by atoms with E-state index in [-0.39, 0.29) is 43.6 Å². The molecule has 0 bridgehead atoms. The lowest BCUT2D eigenvalue weighted by Gasteiger charge is -2.24. The molecule has 0 fully saturated rings. The molecule has 15 heteroatoms. The Morgan fingerprint density at radius 2 is 1.81 bits per heavy atom. The van der Waals surface area contributed by atoms with Crippen LogP contribution >= 0.6 is 15.9 Å². The standard InChI is InChI=1S/C16H23BrN4O9S/c17-6-9-19(8-3-11-31(28,29)30)15-13(20(24)25)5-4-12(14(15)21(26)27)16(23)18-7-1-2-10-22/h4-5,22H,1-3,6-11H2,(H,18,23)(H,28,29,30). The SMILES string of the molecule is O=C(NCCCCO)c1ccc([N+](=O)[O-])c(N(CCBr)CCCS(=O)(=O)O)c1[N+](=O)[O-]. The van der Waals surface area contributed by atoms with Gasteiger partial charge >= 0.3 is 5.69 Å². The summed E-state index contributed by atoms with van der Waals surface area (Å²) in [5.74, 6) is -1.45. The van der Waals surface area contributed by atoms with Crippen LogP contribution in [0.4, 0.5) is 17.1 Å². The third kappa shape index (κ3) is 8.35. The number of rotatable bonds is 14. The van der Waals surface area contributed by atoms with Crippen molar-refractivity contribution in [1.82, 2.24) is 5.32 Å². The number of anilines is 1. The van der Waals surface area contributed by atoms with Gasteiger partial charge in [-0.15, -0.1) is 0 Å². The number of aliphatic hydroxyl groups is 1. The Bertz CT molecular complexity index is 911. The third-order valence-electron chi connectivity index (χ3n) is 4.13. The van der Waals surface area contributed by atoms with Crippen LogP contribution in [0.15, 0.2) is 12.1 Å². The normalized spacial score (nSPS) is 11.2. The van der Waals surface area contributed by atoms with Crippen LogP contribution in [0.5, 0.6) is 0 Å². The number of benzene rings is 1. The van der Waals surface area contributed by atoms with E-state index in [1.807, 2.05) is 0 Å². The summed E-state index contributed by atoms with van der Waals surface area (Å²) >= 11 is 3.15. The number of alkyl halides is 1. The Kier molecular flexibility index (Phi) is 10.7. The Balaban J connectivity index is 3.45. The van der Waals surface area contributed by atoms with Crippen LogP contribution in [0.25, 0.3) is 0 Å². The van der Waals surface area contributed by atoms with Gasteiger partial charge in [0.25, 0.3) is 21.7 Å². The fraction of sp³-hybridized carbons (Fsp3) is 0.562. The molecule has 0 heterocycles. The van der Waals surface area contributed by atoms with Gasteiger partial charge in [-0.25, -0.2) is 0 Å². The van der Waals surface area contributed by atoms with Gasteiger partial charge < -0.3 is 15.3 Å². The van der Waals surface area contributed by atoms with E-state index in [2.05, 4.69) is 21.2 Å². The molecule has 1 rings (SSSR count). The predicted molar refractivity (Wildman–Crippen MR) is 115 cm³/mol. The van der Waals surface area contributed by atoms with Gasteiger partial charge in [0.2, 0.25) is 0 Å². The second kappa shape index (κ2) is 12.5. The number of hydrogen-bond donors (Lipinski definition) is 3. The van der Waals surface area contributed by atoms with Crippen molar-refractivity contribution in [1.29, 1.82) is 0 Å². The zero-order chi connectivity index (χ0) is 23.6. The number of unbranched alkanes of at least 4 members (excludes halogenated alkanes) is 1. The number of nitrogens with one attached hydrogen (secondary N) is 1. The summed E-state index contributed by atoms with van der Waals surface area (Å²) in [6.07, 6.45) is 0.694. The molecule has 0 radical (unpaired) electrons. The van der Waals surface area contributed by atoms with Crippen LogP contribution in [0.3, 0.4) is 0 Å². The number of nitro benzene ring substituents is 2. The smallest absolute Gasteiger partial charge is 0.312 e. The molecular formula is C16H23BrN4O9S. The number of amides is 1. The Hall–Kier alpha value is -2.36. The fourth-order valence-corrected chi connectivity index (χ4v) is 3.73. The molecule has 13 nitrogen and oxygen atoms in total. The second-order valence-electron chi connectivity index (χ2n) is 6.35. The van der Waals surface area contributed by atoms with Gasteiger partial charge in [-0.1, -0.05) is 15.9 Å². The first kappa shape index (κ1) is 26.7. The lowest BCUT2D eigenvalue weighted by Crippen LogP contribution is -2.31. The highest BCUT2D eigenvalue weighted by Gasteiger charge is 2.35. The van der Waals surface area contributed by atoms with Crippen LogP contribution in [0, 0.1) is 20.2 Å². The summed E-state index contributed by atoms with van der Waals surface area (Å²) in [5.41, 5.74) is -2.20. The van der Waals surface area contributed by atoms with Crippen molar-refractivity contribution in [2.75, 3.05) is 42.2 Å². The first-order chi connectivity index (χ1) is 14.5. The van der Waals surface area contributed by atoms with Crippen molar-refractivity contribution in [2.24, 2.45) is 0 Å². The molecule has 0 unspecified atom stereocenters. The molecule has 174 valence electrons. The Morgan fingerprint density at radius 1 is 1.13 bits per heavy atom. The minimum absolute atomic E-state index is 0.0364. The highest BCUT2D eigenvalue weighted by Crippen LogP contribution is 2.40. The monoisotopic (exact) mass is 526 g/mol. The summed E-state index contributed by atoms with van der Waals surface area (Å²) < 4.78 is 30.9. The van der Waals surface area contributed by atoms with Crippen LogP contribution in [0.2, 0.25) is 0 Å². The first-order valence-corrected chi connectivity index (χ1v) is 11.9. The zero-order valence-electron chi connectivity index (χ0n) is 16.4. The molecule has 3 N–H and O–H groups in total. The number of carbonyl (C=O) groups is 1. The van der Waals surface area contributed by atoms with Crippen LogP contribution in [-0.4, -0.2) is 71.2 Å². The number of nitrogens with zero attached hydrogens (tertiary/aromatic N) is 3. The quantitative estimate of drug-likeness (QED) is 0.105. The van der Waals surface area contributed by atoms with E-state index in [1.165, 1.54) is 4.90 Å². The molecule has 1 aromatic carbocycles. The molecule has 31 heavy (non-hydrogen) atoms. The zero-order valence-corrected chi connectivity index (χ0v) is 18.8. The maximum atomic E-state index is 12.5. The van der Waals surface area contributed by atoms with E-state index in [0.29, 0.717) is 12.8 Å². The molecule has 0 spiro atoms. The molecule has 0 aliphatic carbocycles. The van der Waals surface area contributed by atoms with Gasteiger partial charge in [0.05, 0.1) is 15.6 Å². The van der Waals surface area contributed by atoms with Gasteiger partial charge in [-0.2, -0.15) is 8.42 Å². The lowest BCUT2D eigenvalue weighted by molar-refractivity contribution is -0.392. The molecule has 0 saturated carbocycles. The van der Waals surface area contributed by atoms with E-state index in [1.54, 1.807) is 0 Å².